The number of hydrogen-bond acceptors (Lipinski definition) is 5. The van der Waals surface area contributed by atoms with Crippen molar-refractivity contribution in [3.63, 3.8) is 0 Å². The monoisotopic (exact) mass is 288 g/mol. The third-order valence-corrected chi connectivity index (χ3v) is 6.27. The molecule has 1 aliphatic heterocycles. The van der Waals surface area contributed by atoms with Crippen molar-refractivity contribution in [2.24, 2.45) is 0 Å². The Labute approximate surface area is 113 Å². The second kappa shape index (κ2) is 5.27. The predicted molar refractivity (Wildman–Crippen MR) is 74.7 cm³/mol. The van der Waals surface area contributed by atoms with E-state index in [1.165, 1.54) is 0 Å². The maximum absolute atomic E-state index is 11.9. The molecule has 1 aromatic rings. The van der Waals surface area contributed by atoms with Gasteiger partial charge in [-0.05, 0) is 32.7 Å². The van der Waals surface area contributed by atoms with Crippen LogP contribution in [-0.4, -0.2) is 31.5 Å². The van der Waals surface area contributed by atoms with Crippen LogP contribution in [0.4, 0.5) is 0 Å². The maximum Gasteiger partial charge on any atom is 0.152 e. The molecule has 1 N–H and O–H groups in total. The Balaban J connectivity index is 2.34. The summed E-state index contributed by atoms with van der Waals surface area (Å²) in [5.41, 5.74) is 0.516. The molecule has 0 spiro atoms. The minimum absolute atomic E-state index is 0.187. The number of nitrogens with one attached hydrogen (secondary N) is 1. The highest BCUT2D eigenvalue weighted by Gasteiger charge is 2.42. The quantitative estimate of drug-likeness (QED) is 0.918. The fourth-order valence-corrected chi connectivity index (χ4v) is 5.39. The summed E-state index contributed by atoms with van der Waals surface area (Å²) >= 11 is 1.57. The molecule has 0 amide bonds. The first-order valence-electron chi connectivity index (χ1n) is 6.35. The Hall–Kier alpha value is -0.460. The molecule has 1 unspecified atom stereocenters. The van der Waals surface area contributed by atoms with Crippen molar-refractivity contribution >= 4 is 21.2 Å². The Morgan fingerprint density at radius 3 is 2.89 bits per heavy atom. The van der Waals surface area contributed by atoms with E-state index >= 15 is 0 Å². The summed E-state index contributed by atoms with van der Waals surface area (Å²) in [5, 5.41) is 6.36. The zero-order chi connectivity index (χ0) is 13.2. The molecule has 1 aromatic heterocycles. The number of nitrogens with zero attached hydrogens (tertiary/aromatic N) is 1. The predicted octanol–water partition coefficient (Wildman–Crippen LogP) is 1.86. The summed E-state index contributed by atoms with van der Waals surface area (Å²) in [6, 6.07) is 0. The first-order chi connectivity index (χ1) is 8.47. The van der Waals surface area contributed by atoms with Gasteiger partial charge in [0.2, 0.25) is 0 Å². The molecule has 6 heteroatoms. The van der Waals surface area contributed by atoms with Gasteiger partial charge >= 0.3 is 0 Å². The van der Waals surface area contributed by atoms with Gasteiger partial charge in [-0.15, -0.1) is 11.3 Å². The molecule has 2 rings (SSSR count). The van der Waals surface area contributed by atoms with Gasteiger partial charge < -0.3 is 5.32 Å². The lowest BCUT2D eigenvalue weighted by molar-refractivity contribution is 0.326. The minimum Gasteiger partial charge on any atom is -0.305 e. The van der Waals surface area contributed by atoms with Gasteiger partial charge in [0.05, 0.1) is 17.0 Å². The molecule has 0 radical (unpaired) electrons. The normalized spacial score (nSPS) is 27.2. The fourth-order valence-electron chi connectivity index (χ4n) is 2.44. The van der Waals surface area contributed by atoms with E-state index < -0.39 is 15.4 Å². The minimum atomic E-state index is -2.96. The van der Waals surface area contributed by atoms with Gasteiger partial charge in [0, 0.05) is 11.1 Å². The van der Waals surface area contributed by atoms with E-state index in [4.69, 9.17) is 0 Å². The van der Waals surface area contributed by atoms with Crippen LogP contribution in [0.3, 0.4) is 0 Å². The molecule has 1 fully saturated rings. The van der Waals surface area contributed by atoms with E-state index in [1.807, 2.05) is 12.3 Å². The van der Waals surface area contributed by atoms with Crippen molar-refractivity contribution in [2.45, 2.75) is 38.6 Å². The third kappa shape index (κ3) is 2.92. The van der Waals surface area contributed by atoms with Gasteiger partial charge in [0.1, 0.15) is 5.01 Å². The number of sulfone groups is 1. The molecule has 4 nitrogen and oxygen atoms in total. The van der Waals surface area contributed by atoms with E-state index in [9.17, 15) is 8.42 Å². The molecular formula is C12H20N2O2S2. The molecule has 1 saturated heterocycles. The van der Waals surface area contributed by atoms with Crippen LogP contribution in [0, 0.1) is 6.92 Å². The summed E-state index contributed by atoms with van der Waals surface area (Å²) < 4.78 is 23.9. The third-order valence-electron chi connectivity index (χ3n) is 3.27. The molecule has 2 heterocycles. The van der Waals surface area contributed by atoms with Crippen molar-refractivity contribution in [2.75, 3.05) is 18.1 Å². The molecule has 0 aliphatic carbocycles. The molecule has 0 aromatic carbocycles. The van der Waals surface area contributed by atoms with Gasteiger partial charge in [0.25, 0.3) is 0 Å². The Kier molecular flexibility index (Phi) is 4.08. The van der Waals surface area contributed by atoms with Crippen molar-refractivity contribution in [1.82, 2.24) is 10.3 Å². The highest BCUT2D eigenvalue weighted by atomic mass is 32.2. The van der Waals surface area contributed by atoms with Crippen LogP contribution in [0.25, 0.3) is 0 Å². The zero-order valence-electron chi connectivity index (χ0n) is 10.9. The van der Waals surface area contributed by atoms with Crippen LogP contribution < -0.4 is 5.32 Å². The van der Waals surface area contributed by atoms with Crippen LogP contribution in [0.15, 0.2) is 5.38 Å². The standard InChI is InChI=1S/C12H20N2O2S2/c1-3-6-13-12(11-14-10(2)8-17-11)5-4-7-18(15,16)9-12/h8,13H,3-7,9H2,1-2H3. The summed E-state index contributed by atoms with van der Waals surface area (Å²) in [6.07, 6.45) is 2.57. The van der Waals surface area contributed by atoms with Crippen LogP contribution in [0.5, 0.6) is 0 Å². The number of aromatic nitrogens is 1. The highest BCUT2D eigenvalue weighted by molar-refractivity contribution is 7.91. The smallest absolute Gasteiger partial charge is 0.152 e. The first-order valence-corrected chi connectivity index (χ1v) is 9.06. The van der Waals surface area contributed by atoms with Gasteiger partial charge in [-0.3, -0.25) is 0 Å². The van der Waals surface area contributed by atoms with Crippen LogP contribution >= 0.6 is 11.3 Å². The lowest BCUT2D eigenvalue weighted by Gasteiger charge is -2.36. The van der Waals surface area contributed by atoms with E-state index in [0.29, 0.717) is 5.75 Å². The second-order valence-corrected chi connectivity index (χ2v) is 8.04. The summed E-state index contributed by atoms with van der Waals surface area (Å²) in [6.45, 7) is 4.87. The van der Waals surface area contributed by atoms with E-state index in [1.54, 1.807) is 11.3 Å². The lowest BCUT2D eigenvalue weighted by atomic mass is 9.96. The molecule has 102 valence electrons. The number of hydrogen-bond donors (Lipinski definition) is 1. The van der Waals surface area contributed by atoms with Crippen LogP contribution in [-0.2, 0) is 15.4 Å². The van der Waals surface area contributed by atoms with Crippen LogP contribution in [0.2, 0.25) is 0 Å². The maximum atomic E-state index is 11.9. The van der Waals surface area contributed by atoms with Gasteiger partial charge in [-0.2, -0.15) is 0 Å². The van der Waals surface area contributed by atoms with E-state index in [0.717, 1.165) is 36.5 Å². The van der Waals surface area contributed by atoms with Gasteiger partial charge in [-0.25, -0.2) is 13.4 Å². The van der Waals surface area contributed by atoms with Crippen molar-refractivity contribution in [1.29, 1.82) is 0 Å². The van der Waals surface area contributed by atoms with E-state index in [2.05, 4.69) is 17.2 Å². The van der Waals surface area contributed by atoms with Crippen molar-refractivity contribution < 1.29 is 8.42 Å². The average molecular weight is 288 g/mol. The molecule has 0 saturated carbocycles. The van der Waals surface area contributed by atoms with E-state index in [-0.39, 0.29) is 5.75 Å². The number of aryl methyl sites for hydroxylation is 1. The molecule has 1 aliphatic rings. The fraction of sp³-hybridized carbons (Fsp3) is 0.750. The Morgan fingerprint density at radius 2 is 2.33 bits per heavy atom. The van der Waals surface area contributed by atoms with Crippen molar-refractivity contribution in [3.8, 4) is 0 Å². The zero-order valence-corrected chi connectivity index (χ0v) is 12.5. The first kappa shape index (κ1) is 14.0. The highest BCUT2D eigenvalue weighted by Crippen LogP contribution is 2.34. The Morgan fingerprint density at radius 1 is 1.56 bits per heavy atom. The topological polar surface area (TPSA) is 59.1 Å². The lowest BCUT2D eigenvalue weighted by Crippen LogP contribution is -2.51. The number of thiazole rings is 1. The molecule has 18 heavy (non-hydrogen) atoms. The SMILES string of the molecule is CCCNC1(c2nc(C)cs2)CCCS(=O)(=O)C1. The van der Waals surface area contributed by atoms with Gasteiger partial charge in [-0.1, -0.05) is 6.92 Å². The average Bonchev–Trinajstić information content (AvgIpc) is 2.72. The second-order valence-electron chi connectivity index (χ2n) is 5.00. The summed E-state index contributed by atoms with van der Waals surface area (Å²) in [4.78, 5) is 4.52. The summed E-state index contributed by atoms with van der Waals surface area (Å²) in [7, 11) is -2.96. The Bertz CT molecular complexity index is 510. The number of rotatable bonds is 4. The molecule has 1 atom stereocenters. The molecular weight excluding hydrogens is 268 g/mol. The largest absolute Gasteiger partial charge is 0.305 e. The van der Waals surface area contributed by atoms with Crippen molar-refractivity contribution in [3.05, 3.63) is 16.1 Å². The van der Waals surface area contributed by atoms with Crippen LogP contribution in [0.1, 0.15) is 36.9 Å². The molecule has 0 bridgehead atoms. The summed E-state index contributed by atoms with van der Waals surface area (Å²) in [5.74, 6) is 0.500. The van der Waals surface area contributed by atoms with Gasteiger partial charge in [0.15, 0.2) is 9.84 Å².